The van der Waals surface area contributed by atoms with Gasteiger partial charge in [-0.05, 0) is 37.1 Å². The van der Waals surface area contributed by atoms with Gasteiger partial charge in [0.15, 0.2) is 0 Å². The number of benzene rings is 2. The van der Waals surface area contributed by atoms with E-state index < -0.39 is 0 Å². The molecule has 0 aliphatic carbocycles. The molecule has 0 aliphatic rings. The Morgan fingerprint density at radius 3 is 2.67 bits per heavy atom. The second-order valence-corrected chi connectivity index (χ2v) is 5.34. The summed E-state index contributed by atoms with van der Waals surface area (Å²) >= 11 is 5.77. The van der Waals surface area contributed by atoms with Crippen LogP contribution >= 0.6 is 11.6 Å². The number of nitrogens with two attached hydrogens (primary N) is 1. The first-order valence-corrected chi connectivity index (χ1v) is 6.97. The van der Waals surface area contributed by atoms with E-state index in [2.05, 4.69) is 5.43 Å². The fraction of sp³-hybridized carbons (Fsp3) is 0.250. The predicted molar refractivity (Wildman–Crippen MR) is 82.9 cm³/mol. The highest BCUT2D eigenvalue weighted by Gasteiger charge is 2.17. The third kappa shape index (κ3) is 3.73. The minimum atomic E-state index is -0.339. The fourth-order valence-electron chi connectivity index (χ4n) is 2.29. The van der Waals surface area contributed by atoms with E-state index in [0.717, 1.165) is 16.9 Å². The van der Waals surface area contributed by atoms with Crippen molar-refractivity contribution in [3.05, 3.63) is 63.9 Å². The number of nitrogens with one attached hydrogen (secondary N) is 1. The summed E-state index contributed by atoms with van der Waals surface area (Å²) in [5.74, 6) is 6.03. The zero-order valence-electron chi connectivity index (χ0n) is 12.0. The molecule has 0 saturated heterocycles. The molecule has 5 heteroatoms. The Bertz CT molecular complexity index is 634. The van der Waals surface area contributed by atoms with Crippen molar-refractivity contribution in [2.45, 2.75) is 19.4 Å². The molecule has 112 valence electrons. The number of methoxy groups -OCH3 is 1. The minimum Gasteiger partial charge on any atom is -0.496 e. The standard InChI is InChI=1S/C16H18ClFN2O/c1-10-3-6-16(21-2)13(7-10)15(20-19)8-11-4-5-12(17)9-14(11)18/h3-7,9,15,20H,8,19H2,1-2H3. The van der Waals surface area contributed by atoms with E-state index in [1.807, 2.05) is 25.1 Å². The highest BCUT2D eigenvalue weighted by Crippen LogP contribution is 2.29. The Balaban J connectivity index is 2.34. The molecule has 0 spiro atoms. The number of hydrazine groups is 1. The molecule has 0 heterocycles. The van der Waals surface area contributed by atoms with Gasteiger partial charge in [-0.1, -0.05) is 35.4 Å². The molecule has 2 rings (SSSR count). The van der Waals surface area contributed by atoms with Gasteiger partial charge < -0.3 is 4.74 Å². The maximum absolute atomic E-state index is 13.9. The maximum atomic E-state index is 13.9. The molecule has 3 nitrogen and oxygen atoms in total. The third-order valence-corrected chi connectivity index (χ3v) is 3.64. The Morgan fingerprint density at radius 1 is 1.29 bits per heavy atom. The van der Waals surface area contributed by atoms with E-state index in [0.29, 0.717) is 17.0 Å². The van der Waals surface area contributed by atoms with Gasteiger partial charge in [-0.2, -0.15) is 0 Å². The van der Waals surface area contributed by atoms with Crippen LogP contribution in [0.1, 0.15) is 22.7 Å². The molecule has 21 heavy (non-hydrogen) atoms. The van der Waals surface area contributed by atoms with Gasteiger partial charge in [0.05, 0.1) is 13.2 Å². The summed E-state index contributed by atoms with van der Waals surface area (Å²) in [6.45, 7) is 1.99. The molecule has 0 aromatic heterocycles. The van der Waals surface area contributed by atoms with Crippen molar-refractivity contribution in [3.63, 3.8) is 0 Å². The second kappa shape index (κ2) is 6.89. The van der Waals surface area contributed by atoms with Gasteiger partial charge in [-0.25, -0.2) is 4.39 Å². The molecule has 2 aromatic carbocycles. The van der Waals surface area contributed by atoms with Crippen LogP contribution in [-0.2, 0) is 6.42 Å². The average Bonchev–Trinajstić information content (AvgIpc) is 2.46. The number of halogens is 2. The van der Waals surface area contributed by atoms with E-state index in [4.69, 9.17) is 22.2 Å². The highest BCUT2D eigenvalue weighted by atomic mass is 35.5. The van der Waals surface area contributed by atoms with Crippen molar-refractivity contribution in [1.29, 1.82) is 0 Å². The van der Waals surface area contributed by atoms with Crippen molar-refractivity contribution in [2.24, 2.45) is 5.84 Å². The second-order valence-electron chi connectivity index (χ2n) is 4.90. The lowest BCUT2D eigenvalue weighted by Crippen LogP contribution is -2.30. The molecule has 1 unspecified atom stereocenters. The lowest BCUT2D eigenvalue weighted by atomic mass is 9.97. The van der Waals surface area contributed by atoms with Crippen LogP contribution in [0.2, 0.25) is 5.02 Å². The molecule has 0 aliphatic heterocycles. The zero-order valence-corrected chi connectivity index (χ0v) is 12.7. The quantitative estimate of drug-likeness (QED) is 0.656. The van der Waals surface area contributed by atoms with Gasteiger partial charge in [0, 0.05) is 10.6 Å². The normalized spacial score (nSPS) is 12.2. The van der Waals surface area contributed by atoms with Gasteiger partial charge in [0.1, 0.15) is 11.6 Å². The molecule has 0 bridgehead atoms. The number of aryl methyl sites for hydroxylation is 1. The number of rotatable bonds is 5. The molecule has 0 fully saturated rings. The van der Waals surface area contributed by atoms with Crippen LogP contribution in [0.25, 0.3) is 0 Å². The molecular formula is C16H18ClFN2O. The van der Waals surface area contributed by atoms with Crippen LogP contribution in [0.3, 0.4) is 0 Å². The van der Waals surface area contributed by atoms with Gasteiger partial charge in [0.2, 0.25) is 0 Å². The van der Waals surface area contributed by atoms with Crippen molar-refractivity contribution in [1.82, 2.24) is 5.43 Å². The van der Waals surface area contributed by atoms with E-state index >= 15 is 0 Å². The van der Waals surface area contributed by atoms with E-state index in [9.17, 15) is 4.39 Å². The Morgan fingerprint density at radius 2 is 2.05 bits per heavy atom. The summed E-state index contributed by atoms with van der Waals surface area (Å²) in [6.07, 6.45) is 0.402. The van der Waals surface area contributed by atoms with Crippen LogP contribution in [0.4, 0.5) is 4.39 Å². The van der Waals surface area contributed by atoms with Gasteiger partial charge >= 0.3 is 0 Å². The van der Waals surface area contributed by atoms with Crippen molar-refractivity contribution < 1.29 is 9.13 Å². The minimum absolute atomic E-state index is 0.254. The lowest BCUT2D eigenvalue weighted by molar-refractivity contribution is 0.398. The lowest BCUT2D eigenvalue weighted by Gasteiger charge is -2.20. The van der Waals surface area contributed by atoms with Gasteiger partial charge in [-0.15, -0.1) is 0 Å². The number of hydrogen-bond donors (Lipinski definition) is 2. The van der Waals surface area contributed by atoms with Crippen LogP contribution in [0.5, 0.6) is 5.75 Å². The fourth-order valence-corrected chi connectivity index (χ4v) is 2.45. The summed E-state index contributed by atoms with van der Waals surface area (Å²) in [4.78, 5) is 0. The molecule has 0 amide bonds. The number of ether oxygens (including phenoxy) is 1. The smallest absolute Gasteiger partial charge is 0.127 e. The summed E-state index contributed by atoms with van der Waals surface area (Å²) in [6, 6.07) is 10.2. The van der Waals surface area contributed by atoms with Crippen LogP contribution in [0.15, 0.2) is 36.4 Å². The molecule has 0 saturated carbocycles. The summed E-state index contributed by atoms with van der Waals surface area (Å²) < 4.78 is 19.3. The first kappa shape index (κ1) is 15.8. The Hall–Kier alpha value is -1.62. The first-order valence-electron chi connectivity index (χ1n) is 6.59. The summed E-state index contributed by atoms with van der Waals surface area (Å²) in [5, 5.41) is 0.377. The van der Waals surface area contributed by atoms with Crippen LogP contribution in [0, 0.1) is 12.7 Å². The molecule has 0 radical (unpaired) electrons. The average molecular weight is 309 g/mol. The van der Waals surface area contributed by atoms with Crippen molar-refractivity contribution >= 4 is 11.6 Å². The SMILES string of the molecule is COc1ccc(C)cc1C(Cc1ccc(Cl)cc1F)NN. The first-order chi connectivity index (χ1) is 10.0. The summed E-state index contributed by atoms with van der Waals surface area (Å²) in [5.41, 5.74) is 5.26. The van der Waals surface area contributed by atoms with Crippen molar-refractivity contribution in [2.75, 3.05) is 7.11 Å². The molecule has 3 N–H and O–H groups in total. The monoisotopic (exact) mass is 308 g/mol. The molecular weight excluding hydrogens is 291 g/mol. The third-order valence-electron chi connectivity index (χ3n) is 3.40. The molecule has 2 aromatic rings. The summed E-state index contributed by atoms with van der Waals surface area (Å²) in [7, 11) is 1.60. The zero-order chi connectivity index (χ0) is 15.4. The van der Waals surface area contributed by atoms with E-state index in [1.54, 1.807) is 19.2 Å². The number of hydrogen-bond acceptors (Lipinski definition) is 3. The van der Waals surface area contributed by atoms with Gasteiger partial charge in [0.25, 0.3) is 0 Å². The van der Waals surface area contributed by atoms with Gasteiger partial charge in [-0.3, -0.25) is 11.3 Å². The Labute approximate surface area is 128 Å². The predicted octanol–water partition coefficient (Wildman–Crippen LogP) is 3.54. The van der Waals surface area contributed by atoms with E-state index in [-0.39, 0.29) is 11.9 Å². The topological polar surface area (TPSA) is 47.3 Å². The van der Waals surface area contributed by atoms with Crippen LogP contribution in [-0.4, -0.2) is 7.11 Å². The largest absolute Gasteiger partial charge is 0.496 e. The van der Waals surface area contributed by atoms with E-state index in [1.165, 1.54) is 6.07 Å². The van der Waals surface area contributed by atoms with Crippen molar-refractivity contribution in [3.8, 4) is 5.75 Å². The maximum Gasteiger partial charge on any atom is 0.127 e. The Kier molecular flexibility index (Phi) is 5.17. The van der Waals surface area contributed by atoms with Crippen LogP contribution < -0.4 is 16.0 Å². The molecule has 1 atom stereocenters. The highest BCUT2D eigenvalue weighted by molar-refractivity contribution is 6.30.